The molecular weight excluding hydrogens is 409 g/mol. The van der Waals surface area contributed by atoms with Crippen LogP contribution in [0.25, 0.3) is 33.4 Å². The number of para-hydroxylation sites is 2. The van der Waals surface area contributed by atoms with E-state index >= 15 is 0 Å². The summed E-state index contributed by atoms with van der Waals surface area (Å²) < 4.78 is 20.7. The first kappa shape index (κ1) is 19.9. The van der Waals surface area contributed by atoms with E-state index in [9.17, 15) is 9.18 Å². The number of halogens is 1. The van der Waals surface area contributed by atoms with Gasteiger partial charge >= 0.3 is 0 Å². The molecule has 0 unspecified atom stereocenters. The van der Waals surface area contributed by atoms with Crippen LogP contribution in [0.3, 0.4) is 0 Å². The molecule has 7 nitrogen and oxygen atoms in total. The van der Waals surface area contributed by atoms with Crippen molar-refractivity contribution in [1.29, 1.82) is 0 Å². The summed E-state index contributed by atoms with van der Waals surface area (Å²) in [4.78, 5) is 22.2. The molecule has 5 aromatic rings. The van der Waals surface area contributed by atoms with Gasteiger partial charge in [0.25, 0.3) is 11.6 Å². The van der Waals surface area contributed by atoms with Gasteiger partial charge in [-0.25, -0.2) is 14.4 Å². The van der Waals surface area contributed by atoms with Crippen molar-refractivity contribution in [1.82, 2.24) is 25.0 Å². The van der Waals surface area contributed by atoms with Crippen molar-refractivity contribution in [2.75, 3.05) is 6.54 Å². The molecule has 0 bridgehead atoms. The van der Waals surface area contributed by atoms with Gasteiger partial charge in [-0.1, -0.05) is 17.3 Å². The standard InChI is InChI=1S/C24H20FN5O2/c1-14-22-18(13-20(28-24(22)32-29-14)16-7-9-17(25)10-8-16)23(31)26-11-12-30-15(2)27-19-5-3-4-6-21(19)30/h3-10,13H,11-12H2,1-2H3,(H,26,31). The van der Waals surface area contributed by atoms with Gasteiger partial charge in [0.15, 0.2) is 0 Å². The molecule has 0 spiro atoms. The molecule has 0 atom stereocenters. The van der Waals surface area contributed by atoms with Crippen molar-refractivity contribution in [3.8, 4) is 11.3 Å². The second-order valence-corrected chi connectivity index (χ2v) is 7.57. The highest BCUT2D eigenvalue weighted by Crippen LogP contribution is 2.27. The number of carbonyl (C=O) groups excluding carboxylic acids is 1. The van der Waals surface area contributed by atoms with Crippen LogP contribution in [-0.4, -0.2) is 32.1 Å². The summed E-state index contributed by atoms with van der Waals surface area (Å²) in [6.07, 6.45) is 0. The number of aromatic nitrogens is 4. The minimum absolute atomic E-state index is 0.255. The topological polar surface area (TPSA) is 85.8 Å². The Bertz CT molecular complexity index is 1450. The Morgan fingerprint density at radius 2 is 1.88 bits per heavy atom. The highest BCUT2D eigenvalue weighted by atomic mass is 19.1. The molecule has 0 aliphatic carbocycles. The third-order valence-electron chi connectivity index (χ3n) is 5.47. The zero-order valence-electron chi connectivity index (χ0n) is 17.6. The number of fused-ring (bicyclic) bond motifs is 2. The van der Waals surface area contributed by atoms with E-state index in [0.717, 1.165) is 16.9 Å². The van der Waals surface area contributed by atoms with Crippen LogP contribution in [-0.2, 0) is 6.54 Å². The Kier molecular flexibility index (Phi) is 4.89. The second kappa shape index (κ2) is 7.88. The summed E-state index contributed by atoms with van der Waals surface area (Å²) in [6, 6.07) is 15.5. The number of imidazole rings is 1. The highest BCUT2D eigenvalue weighted by Gasteiger charge is 2.19. The average molecular weight is 429 g/mol. The maximum absolute atomic E-state index is 13.3. The molecular formula is C24H20FN5O2. The van der Waals surface area contributed by atoms with Gasteiger partial charge in [-0.2, -0.15) is 0 Å². The van der Waals surface area contributed by atoms with Crippen LogP contribution < -0.4 is 5.32 Å². The minimum atomic E-state index is -0.342. The van der Waals surface area contributed by atoms with Crippen molar-refractivity contribution >= 4 is 28.0 Å². The van der Waals surface area contributed by atoms with E-state index in [0.29, 0.717) is 41.0 Å². The maximum Gasteiger partial charge on any atom is 0.259 e. The van der Waals surface area contributed by atoms with Crippen molar-refractivity contribution in [3.05, 3.63) is 77.5 Å². The SMILES string of the molecule is Cc1noc2nc(-c3ccc(F)cc3)cc(C(=O)NCCn3c(C)nc4ccccc43)c12. The molecule has 1 N–H and O–H groups in total. The van der Waals surface area contributed by atoms with Crippen molar-refractivity contribution in [2.45, 2.75) is 20.4 Å². The summed E-state index contributed by atoms with van der Waals surface area (Å²) in [7, 11) is 0. The quantitative estimate of drug-likeness (QED) is 0.447. The Balaban J connectivity index is 1.43. The van der Waals surface area contributed by atoms with E-state index in [4.69, 9.17) is 4.52 Å². The number of pyridine rings is 1. The number of nitrogens with one attached hydrogen (secondary N) is 1. The molecule has 0 aliphatic rings. The number of aryl methyl sites for hydroxylation is 2. The Morgan fingerprint density at radius 3 is 2.69 bits per heavy atom. The molecule has 32 heavy (non-hydrogen) atoms. The lowest BCUT2D eigenvalue weighted by Gasteiger charge is -2.10. The predicted octanol–water partition coefficient (Wildman–Crippen LogP) is 4.43. The molecule has 0 aliphatic heterocycles. The van der Waals surface area contributed by atoms with Gasteiger partial charge in [0, 0.05) is 18.7 Å². The molecule has 0 saturated heterocycles. The van der Waals surface area contributed by atoms with Gasteiger partial charge in [-0.15, -0.1) is 0 Å². The monoisotopic (exact) mass is 429 g/mol. The lowest BCUT2D eigenvalue weighted by atomic mass is 10.1. The van der Waals surface area contributed by atoms with Crippen molar-refractivity contribution in [2.24, 2.45) is 0 Å². The van der Waals surface area contributed by atoms with Crippen LogP contribution in [0.15, 0.2) is 59.1 Å². The second-order valence-electron chi connectivity index (χ2n) is 7.57. The first-order chi connectivity index (χ1) is 15.5. The van der Waals surface area contributed by atoms with Gasteiger partial charge in [-0.3, -0.25) is 4.79 Å². The molecule has 0 radical (unpaired) electrons. The number of hydrogen-bond acceptors (Lipinski definition) is 5. The van der Waals surface area contributed by atoms with Crippen LogP contribution in [0.4, 0.5) is 4.39 Å². The van der Waals surface area contributed by atoms with E-state index < -0.39 is 0 Å². The summed E-state index contributed by atoms with van der Waals surface area (Å²) >= 11 is 0. The number of nitrogens with zero attached hydrogens (tertiary/aromatic N) is 4. The fourth-order valence-corrected chi connectivity index (χ4v) is 3.90. The van der Waals surface area contributed by atoms with Gasteiger partial charge < -0.3 is 14.4 Å². The van der Waals surface area contributed by atoms with Gasteiger partial charge in [-0.05, 0) is 56.3 Å². The molecule has 3 heterocycles. The van der Waals surface area contributed by atoms with E-state index in [1.807, 2.05) is 31.2 Å². The zero-order chi connectivity index (χ0) is 22.2. The third kappa shape index (κ3) is 3.49. The molecule has 8 heteroatoms. The summed E-state index contributed by atoms with van der Waals surface area (Å²) in [5.41, 5.74) is 4.41. The first-order valence-electron chi connectivity index (χ1n) is 10.2. The van der Waals surface area contributed by atoms with Crippen LogP contribution in [0.2, 0.25) is 0 Å². The molecule has 3 aromatic heterocycles. The summed E-state index contributed by atoms with van der Waals surface area (Å²) in [5.74, 6) is 0.292. The minimum Gasteiger partial charge on any atom is -0.350 e. The maximum atomic E-state index is 13.3. The molecule has 160 valence electrons. The number of amides is 1. The average Bonchev–Trinajstić information content (AvgIpc) is 3.33. The number of rotatable bonds is 5. The van der Waals surface area contributed by atoms with Crippen LogP contribution in [0, 0.1) is 19.7 Å². The Labute approximate surface area is 182 Å². The predicted molar refractivity (Wildman–Crippen MR) is 119 cm³/mol. The van der Waals surface area contributed by atoms with Crippen LogP contribution in [0.5, 0.6) is 0 Å². The third-order valence-corrected chi connectivity index (χ3v) is 5.47. The molecule has 0 fully saturated rings. The van der Waals surface area contributed by atoms with Crippen molar-refractivity contribution < 1.29 is 13.7 Å². The van der Waals surface area contributed by atoms with E-state index in [1.54, 1.807) is 25.1 Å². The van der Waals surface area contributed by atoms with Crippen LogP contribution in [0.1, 0.15) is 21.9 Å². The van der Waals surface area contributed by atoms with Gasteiger partial charge in [0.2, 0.25) is 0 Å². The largest absolute Gasteiger partial charge is 0.350 e. The molecule has 0 saturated carbocycles. The number of carbonyl (C=O) groups is 1. The normalized spacial score (nSPS) is 11.3. The molecule has 1 amide bonds. The smallest absolute Gasteiger partial charge is 0.259 e. The first-order valence-corrected chi connectivity index (χ1v) is 10.2. The number of benzene rings is 2. The number of hydrogen-bond donors (Lipinski definition) is 1. The van der Waals surface area contributed by atoms with E-state index in [1.165, 1.54) is 12.1 Å². The lowest BCUT2D eigenvalue weighted by molar-refractivity contribution is 0.0954. The molecule has 2 aromatic carbocycles. The Hall–Kier alpha value is -4.07. The zero-order valence-corrected chi connectivity index (χ0v) is 17.6. The summed E-state index contributed by atoms with van der Waals surface area (Å²) in [6.45, 7) is 4.71. The fourth-order valence-electron chi connectivity index (χ4n) is 3.90. The summed E-state index contributed by atoms with van der Waals surface area (Å²) in [5, 5.41) is 7.51. The van der Waals surface area contributed by atoms with Crippen molar-refractivity contribution in [3.63, 3.8) is 0 Å². The van der Waals surface area contributed by atoms with E-state index in [-0.39, 0.29) is 17.4 Å². The fraction of sp³-hybridized carbons (Fsp3) is 0.167. The van der Waals surface area contributed by atoms with Gasteiger partial charge in [0.05, 0.1) is 33.4 Å². The molecule has 5 rings (SSSR count). The Morgan fingerprint density at radius 1 is 1.09 bits per heavy atom. The van der Waals surface area contributed by atoms with Crippen LogP contribution >= 0.6 is 0 Å². The lowest BCUT2D eigenvalue weighted by Crippen LogP contribution is -2.27. The van der Waals surface area contributed by atoms with Gasteiger partial charge in [0.1, 0.15) is 11.6 Å². The highest BCUT2D eigenvalue weighted by molar-refractivity contribution is 6.07. The van der Waals surface area contributed by atoms with E-state index in [2.05, 4.69) is 25.0 Å².